The average molecular weight is 206 g/mol. The van der Waals surface area contributed by atoms with Crippen LogP contribution in [-0.4, -0.2) is 33.8 Å². The number of esters is 1. The molecule has 76 valence electrons. The molecule has 0 amide bonds. The quantitative estimate of drug-likeness (QED) is 0.371. The Kier molecular flexibility index (Phi) is 4.64. The predicted octanol–water partition coefficient (Wildman–Crippen LogP) is 0.439. The number of carbonyl (C=O) groups excluding carboxylic acids is 1. The molecule has 0 aliphatic heterocycles. The molecular formula is C7H12NO4S-. The van der Waals surface area contributed by atoms with Gasteiger partial charge in [0, 0.05) is 11.8 Å². The Morgan fingerprint density at radius 3 is 2.46 bits per heavy atom. The van der Waals surface area contributed by atoms with Crippen molar-refractivity contribution in [1.29, 1.82) is 0 Å². The molecule has 0 fully saturated rings. The summed E-state index contributed by atoms with van der Waals surface area (Å²) in [7, 11) is -3.33. The standard InChI is InChI=1S/C7H12NO4S/c1-6(2)7(9)12-5-4-8-13(3,10)11/h1,4-5H2,2-3H3/q-1. The van der Waals surface area contributed by atoms with Crippen molar-refractivity contribution < 1.29 is 17.9 Å². The van der Waals surface area contributed by atoms with Crippen LogP contribution in [0.2, 0.25) is 0 Å². The van der Waals surface area contributed by atoms with Crippen LogP contribution in [0.1, 0.15) is 6.92 Å². The van der Waals surface area contributed by atoms with Crippen molar-refractivity contribution in [3.8, 4) is 0 Å². The topological polar surface area (TPSA) is 74.5 Å². The fourth-order valence-electron chi connectivity index (χ4n) is 0.465. The number of hydrogen-bond acceptors (Lipinski definition) is 4. The van der Waals surface area contributed by atoms with E-state index in [2.05, 4.69) is 16.0 Å². The van der Waals surface area contributed by atoms with Crippen molar-refractivity contribution in [2.75, 3.05) is 19.4 Å². The predicted molar refractivity (Wildman–Crippen MR) is 48.8 cm³/mol. The Morgan fingerprint density at radius 1 is 1.54 bits per heavy atom. The third-order valence-electron chi connectivity index (χ3n) is 0.999. The monoisotopic (exact) mass is 206 g/mol. The molecule has 0 saturated carbocycles. The lowest BCUT2D eigenvalue weighted by Gasteiger charge is -2.15. The molecule has 0 rings (SSSR count). The van der Waals surface area contributed by atoms with E-state index in [1.807, 2.05) is 0 Å². The van der Waals surface area contributed by atoms with Gasteiger partial charge in [-0.3, -0.25) is 0 Å². The van der Waals surface area contributed by atoms with E-state index in [1.165, 1.54) is 6.92 Å². The molecule has 0 unspecified atom stereocenters. The second-order valence-corrected chi connectivity index (χ2v) is 4.23. The van der Waals surface area contributed by atoms with E-state index >= 15 is 0 Å². The Balaban J connectivity index is 3.59. The zero-order valence-corrected chi connectivity index (χ0v) is 8.43. The third-order valence-corrected chi connectivity index (χ3v) is 1.65. The third kappa shape index (κ3) is 7.48. The van der Waals surface area contributed by atoms with E-state index in [4.69, 9.17) is 0 Å². The number of carbonyl (C=O) groups is 1. The van der Waals surface area contributed by atoms with Crippen LogP contribution in [-0.2, 0) is 19.6 Å². The maximum atomic E-state index is 10.8. The summed E-state index contributed by atoms with van der Waals surface area (Å²) in [6, 6.07) is 0. The van der Waals surface area contributed by atoms with Crippen molar-refractivity contribution in [2.24, 2.45) is 0 Å². The van der Waals surface area contributed by atoms with Crippen LogP contribution < -0.4 is 0 Å². The molecule has 0 radical (unpaired) electrons. The minimum atomic E-state index is -3.33. The van der Waals surface area contributed by atoms with Crippen molar-refractivity contribution in [2.45, 2.75) is 6.92 Å². The lowest BCUT2D eigenvalue weighted by atomic mass is 10.4. The second-order valence-electron chi connectivity index (χ2n) is 2.50. The van der Waals surface area contributed by atoms with Crippen molar-refractivity contribution in [3.63, 3.8) is 0 Å². The first-order valence-electron chi connectivity index (χ1n) is 3.54. The Labute approximate surface area is 77.8 Å². The lowest BCUT2D eigenvalue weighted by Crippen LogP contribution is -2.10. The van der Waals surface area contributed by atoms with E-state index < -0.39 is 16.0 Å². The Bertz CT molecular complexity index is 294. The summed E-state index contributed by atoms with van der Waals surface area (Å²) in [6.45, 7) is 4.78. The van der Waals surface area contributed by atoms with E-state index in [-0.39, 0.29) is 18.7 Å². The number of ether oxygens (including phenoxy) is 1. The number of hydrogen-bond donors (Lipinski definition) is 0. The molecule has 0 saturated heterocycles. The minimum Gasteiger partial charge on any atom is -0.547 e. The number of nitrogens with zero attached hydrogens (tertiary/aromatic N) is 1. The van der Waals surface area contributed by atoms with Gasteiger partial charge in [0.15, 0.2) is 0 Å². The first-order chi connectivity index (χ1) is 5.83. The molecule has 0 aromatic carbocycles. The lowest BCUT2D eigenvalue weighted by molar-refractivity contribution is -0.138. The summed E-state index contributed by atoms with van der Waals surface area (Å²) in [5.41, 5.74) is 0.277. The fourth-order valence-corrected chi connectivity index (χ4v) is 0.871. The van der Waals surface area contributed by atoms with Gasteiger partial charge in [-0.1, -0.05) is 6.58 Å². The molecular weight excluding hydrogens is 194 g/mol. The average Bonchev–Trinajstić information content (AvgIpc) is 1.95. The van der Waals surface area contributed by atoms with Crippen molar-refractivity contribution in [1.82, 2.24) is 0 Å². The van der Waals surface area contributed by atoms with Gasteiger partial charge in [-0.2, -0.15) is 0 Å². The van der Waals surface area contributed by atoms with E-state index in [9.17, 15) is 13.2 Å². The van der Waals surface area contributed by atoms with Crippen molar-refractivity contribution in [3.05, 3.63) is 16.9 Å². The van der Waals surface area contributed by atoms with Crippen LogP contribution in [0, 0.1) is 0 Å². The molecule has 5 nitrogen and oxygen atoms in total. The summed E-state index contributed by atoms with van der Waals surface area (Å²) < 4.78 is 28.8. The zero-order chi connectivity index (χ0) is 10.5. The summed E-state index contributed by atoms with van der Waals surface area (Å²) in [6.07, 6.45) is 0.980. The summed E-state index contributed by atoms with van der Waals surface area (Å²) in [5, 5.41) is 0. The van der Waals surface area contributed by atoms with Crippen LogP contribution in [0.25, 0.3) is 4.72 Å². The first kappa shape index (κ1) is 12.1. The molecule has 0 aromatic rings. The molecule has 0 heterocycles. The van der Waals surface area contributed by atoms with Crippen LogP contribution >= 0.6 is 0 Å². The summed E-state index contributed by atoms with van der Waals surface area (Å²) in [4.78, 5) is 10.8. The summed E-state index contributed by atoms with van der Waals surface area (Å²) >= 11 is 0. The molecule has 0 atom stereocenters. The number of sulfonamides is 1. The van der Waals surface area contributed by atoms with Crippen molar-refractivity contribution >= 4 is 16.0 Å². The highest BCUT2D eigenvalue weighted by Crippen LogP contribution is 1.97. The zero-order valence-electron chi connectivity index (χ0n) is 7.61. The normalized spacial score (nSPS) is 10.9. The van der Waals surface area contributed by atoms with Gasteiger partial charge in [0.1, 0.15) is 0 Å². The van der Waals surface area contributed by atoms with Gasteiger partial charge < -0.3 is 9.46 Å². The van der Waals surface area contributed by atoms with Gasteiger partial charge >= 0.3 is 5.97 Å². The van der Waals surface area contributed by atoms with E-state index in [1.54, 1.807) is 0 Å². The minimum absolute atomic E-state index is 0.0429. The molecule has 6 heteroatoms. The highest BCUT2D eigenvalue weighted by atomic mass is 32.2. The van der Waals surface area contributed by atoms with Gasteiger partial charge in [0.25, 0.3) is 0 Å². The van der Waals surface area contributed by atoms with Gasteiger partial charge in [0.05, 0.1) is 16.6 Å². The van der Waals surface area contributed by atoms with E-state index in [0.717, 1.165) is 6.26 Å². The van der Waals surface area contributed by atoms with Gasteiger partial charge in [-0.25, -0.2) is 13.2 Å². The van der Waals surface area contributed by atoms with Gasteiger partial charge in [-0.05, 0) is 6.92 Å². The van der Waals surface area contributed by atoms with Gasteiger partial charge in [-0.15, -0.1) is 6.54 Å². The smallest absolute Gasteiger partial charge is 0.333 e. The Morgan fingerprint density at radius 2 is 2.08 bits per heavy atom. The Hall–Kier alpha value is -0.880. The van der Waals surface area contributed by atoms with Crippen LogP contribution in [0.3, 0.4) is 0 Å². The summed E-state index contributed by atoms with van der Waals surface area (Å²) in [5.74, 6) is -0.538. The van der Waals surface area contributed by atoms with Gasteiger partial charge in [0.2, 0.25) is 0 Å². The highest BCUT2D eigenvalue weighted by molar-refractivity contribution is 7.93. The SMILES string of the molecule is C=C(C)C(=O)OCC[N-]S(C)(=O)=O. The molecule has 0 spiro atoms. The van der Waals surface area contributed by atoms with E-state index in [0.29, 0.717) is 0 Å². The molecule has 0 aliphatic carbocycles. The van der Waals surface area contributed by atoms with Crippen LogP contribution in [0.5, 0.6) is 0 Å². The molecule has 13 heavy (non-hydrogen) atoms. The molecule has 0 aromatic heterocycles. The van der Waals surface area contributed by atoms with Crippen LogP contribution in [0.15, 0.2) is 12.2 Å². The first-order valence-corrected chi connectivity index (χ1v) is 5.39. The highest BCUT2D eigenvalue weighted by Gasteiger charge is 1.99. The second kappa shape index (κ2) is 4.98. The molecule has 0 N–H and O–H groups in total. The largest absolute Gasteiger partial charge is 0.547 e. The fraction of sp³-hybridized carbons (Fsp3) is 0.571. The molecule has 0 bridgehead atoms. The molecule has 0 aliphatic rings. The van der Waals surface area contributed by atoms with Crippen LogP contribution in [0.4, 0.5) is 0 Å². The maximum Gasteiger partial charge on any atom is 0.333 e. The number of rotatable bonds is 5. The maximum absolute atomic E-state index is 10.8.